The quantitative estimate of drug-likeness (QED) is 0.810. The van der Waals surface area contributed by atoms with Crippen molar-refractivity contribution in [1.82, 2.24) is 0 Å². The van der Waals surface area contributed by atoms with Crippen molar-refractivity contribution in [2.75, 3.05) is 5.32 Å². The molecule has 0 saturated heterocycles. The molecule has 1 aromatic carbocycles. The van der Waals surface area contributed by atoms with Crippen molar-refractivity contribution in [2.45, 2.75) is 38.1 Å². The highest BCUT2D eigenvalue weighted by Crippen LogP contribution is 2.24. The molecule has 1 fully saturated rings. The molecule has 0 heterocycles. The molecule has 0 radical (unpaired) electrons. The summed E-state index contributed by atoms with van der Waals surface area (Å²) in [6, 6.07) is 2.91. The maximum absolute atomic E-state index is 13.5. The Balaban J connectivity index is 2.07. The number of hydrogen-bond acceptors (Lipinski definition) is 2. The van der Waals surface area contributed by atoms with Gasteiger partial charge in [0.2, 0.25) is 5.91 Å². The van der Waals surface area contributed by atoms with Crippen LogP contribution in [0.5, 0.6) is 0 Å². The van der Waals surface area contributed by atoms with Crippen LogP contribution in [0.1, 0.15) is 32.1 Å². The zero-order valence-corrected chi connectivity index (χ0v) is 10.7. The van der Waals surface area contributed by atoms with Gasteiger partial charge in [0, 0.05) is 12.1 Å². The fraction of sp³-hybridized carbons (Fsp3) is 0.500. The zero-order chi connectivity index (χ0) is 13.8. The smallest absolute Gasteiger partial charge is 0.229 e. The van der Waals surface area contributed by atoms with Crippen LogP contribution < -0.4 is 11.1 Å². The van der Waals surface area contributed by atoms with E-state index >= 15 is 0 Å². The van der Waals surface area contributed by atoms with Gasteiger partial charge in [-0.15, -0.1) is 0 Å². The van der Waals surface area contributed by atoms with Crippen LogP contribution in [0.2, 0.25) is 0 Å². The molecule has 1 aromatic rings. The number of hydrogen-bond donors (Lipinski definition) is 2. The van der Waals surface area contributed by atoms with Crippen molar-refractivity contribution in [3.8, 4) is 0 Å². The number of carbonyl (C=O) groups excluding carboxylic acids is 1. The van der Waals surface area contributed by atoms with Gasteiger partial charge < -0.3 is 11.1 Å². The summed E-state index contributed by atoms with van der Waals surface area (Å²) in [6.45, 7) is 0. The maximum Gasteiger partial charge on any atom is 0.229 e. The third-order valence-electron chi connectivity index (χ3n) is 3.60. The fourth-order valence-corrected chi connectivity index (χ4v) is 2.48. The van der Waals surface area contributed by atoms with Gasteiger partial charge in [-0.3, -0.25) is 4.79 Å². The van der Waals surface area contributed by atoms with E-state index in [0.29, 0.717) is 0 Å². The normalized spacial score (nSPS) is 23.7. The Morgan fingerprint density at radius 1 is 1.21 bits per heavy atom. The number of anilines is 1. The van der Waals surface area contributed by atoms with Crippen LogP contribution in [-0.2, 0) is 4.79 Å². The van der Waals surface area contributed by atoms with E-state index in [2.05, 4.69) is 5.32 Å². The van der Waals surface area contributed by atoms with Crippen molar-refractivity contribution < 1.29 is 13.6 Å². The first-order valence-electron chi connectivity index (χ1n) is 6.59. The third kappa shape index (κ3) is 3.50. The van der Waals surface area contributed by atoms with E-state index in [4.69, 9.17) is 5.73 Å². The first-order chi connectivity index (χ1) is 9.08. The fourth-order valence-electron chi connectivity index (χ4n) is 2.48. The van der Waals surface area contributed by atoms with Crippen LogP contribution in [0.4, 0.5) is 14.5 Å². The molecule has 1 aliphatic carbocycles. The molecule has 1 aliphatic rings. The van der Waals surface area contributed by atoms with Crippen LogP contribution in [0.25, 0.3) is 0 Å². The Hall–Kier alpha value is -1.49. The summed E-state index contributed by atoms with van der Waals surface area (Å²) in [4.78, 5) is 12.1. The molecule has 0 aromatic heterocycles. The number of carbonyl (C=O) groups is 1. The second-order valence-corrected chi connectivity index (χ2v) is 5.02. The summed E-state index contributed by atoms with van der Waals surface area (Å²) < 4.78 is 26.3. The molecule has 0 spiro atoms. The minimum Gasteiger partial charge on any atom is -0.327 e. The predicted molar refractivity (Wildman–Crippen MR) is 69.5 cm³/mol. The predicted octanol–water partition coefficient (Wildman–Crippen LogP) is 2.81. The van der Waals surface area contributed by atoms with E-state index in [1.807, 2.05) is 0 Å². The van der Waals surface area contributed by atoms with Gasteiger partial charge in [0.1, 0.15) is 11.6 Å². The van der Waals surface area contributed by atoms with Crippen molar-refractivity contribution >= 4 is 11.6 Å². The van der Waals surface area contributed by atoms with Crippen LogP contribution in [0.3, 0.4) is 0 Å². The van der Waals surface area contributed by atoms with Gasteiger partial charge in [-0.25, -0.2) is 8.78 Å². The summed E-state index contributed by atoms with van der Waals surface area (Å²) >= 11 is 0. The summed E-state index contributed by atoms with van der Waals surface area (Å²) in [5.74, 6) is -2.01. The number of amides is 1. The van der Waals surface area contributed by atoms with Gasteiger partial charge in [-0.1, -0.05) is 19.3 Å². The zero-order valence-electron chi connectivity index (χ0n) is 10.7. The van der Waals surface area contributed by atoms with E-state index in [1.54, 1.807) is 0 Å². The average molecular weight is 268 g/mol. The molecule has 3 nitrogen and oxygen atoms in total. The molecular formula is C14H18F2N2O. The lowest BCUT2D eigenvalue weighted by Crippen LogP contribution is -2.38. The van der Waals surface area contributed by atoms with Crippen LogP contribution in [-0.4, -0.2) is 11.9 Å². The van der Waals surface area contributed by atoms with Gasteiger partial charge in [-0.2, -0.15) is 0 Å². The highest BCUT2D eigenvalue weighted by atomic mass is 19.1. The van der Waals surface area contributed by atoms with Crippen LogP contribution >= 0.6 is 0 Å². The Labute approximate surface area is 111 Å². The lowest BCUT2D eigenvalue weighted by atomic mass is 9.94. The molecule has 1 saturated carbocycles. The first kappa shape index (κ1) is 13.9. The summed E-state index contributed by atoms with van der Waals surface area (Å²) in [7, 11) is 0. The Kier molecular flexibility index (Phi) is 4.47. The second kappa shape index (κ2) is 6.10. The molecule has 2 atom stereocenters. The highest BCUT2D eigenvalue weighted by molar-refractivity contribution is 5.93. The standard InChI is InChI=1S/C14H18F2N2O/c15-9-6-7-13(11(16)8-9)18-14(19)10-4-2-1-3-5-12(10)17/h6-8,10,12H,1-5,17H2,(H,18,19). The minimum atomic E-state index is -0.768. The van der Waals surface area contributed by atoms with E-state index in [9.17, 15) is 13.6 Å². The minimum absolute atomic E-state index is 0.00264. The molecule has 3 N–H and O–H groups in total. The van der Waals surface area contributed by atoms with Gasteiger partial charge in [0.25, 0.3) is 0 Å². The first-order valence-corrected chi connectivity index (χ1v) is 6.59. The Morgan fingerprint density at radius 2 is 1.95 bits per heavy atom. The molecule has 104 valence electrons. The van der Waals surface area contributed by atoms with E-state index < -0.39 is 11.6 Å². The Morgan fingerprint density at radius 3 is 2.68 bits per heavy atom. The summed E-state index contributed by atoms with van der Waals surface area (Å²) in [6.07, 6.45) is 4.58. The topological polar surface area (TPSA) is 55.1 Å². The van der Waals surface area contributed by atoms with Crippen molar-refractivity contribution in [3.05, 3.63) is 29.8 Å². The van der Waals surface area contributed by atoms with E-state index in [0.717, 1.165) is 44.2 Å². The monoisotopic (exact) mass is 268 g/mol. The molecule has 2 unspecified atom stereocenters. The number of halogens is 2. The van der Waals surface area contributed by atoms with Gasteiger partial charge >= 0.3 is 0 Å². The number of benzene rings is 1. The van der Waals surface area contributed by atoms with Gasteiger partial charge in [0.15, 0.2) is 0 Å². The Bertz CT molecular complexity index is 465. The van der Waals surface area contributed by atoms with Crippen LogP contribution in [0, 0.1) is 17.6 Å². The highest BCUT2D eigenvalue weighted by Gasteiger charge is 2.27. The van der Waals surface area contributed by atoms with E-state index in [1.165, 1.54) is 6.07 Å². The van der Waals surface area contributed by atoms with Gasteiger partial charge in [0.05, 0.1) is 11.6 Å². The molecule has 2 rings (SSSR count). The SMILES string of the molecule is NC1CCCCCC1C(=O)Nc1ccc(F)cc1F. The molecule has 19 heavy (non-hydrogen) atoms. The van der Waals surface area contributed by atoms with Gasteiger partial charge in [-0.05, 0) is 25.0 Å². The molecule has 0 bridgehead atoms. The van der Waals surface area contributed by atoms with Crippen molar-refractivity contribution in [1.29, 1.82) is 0 Å². The maximum atomic E-state index is 13.5. The third-order valence-corrected chi connectivity index (χ3v) is 3.60. The van der Waals surface area contributed by atoms with Crippen LogP contribution in [0.15, 0.2) is 18.2 Å². The largest absolute Gasteiger partial charge is 0.327 e. The summed E-state index contributed by atoms with van der Waals surface area (Å²) in [5, 5.41) is 2.50. The van der Waals surface area contributed by atoms with E-state index in [-0.39, 0.29) is 23.6 Å². The molecule has 0 aliphatic heterocycles. The average Bonchev–Trinajstić information content (AvgIpc) is 2.57. The lowest BCUT2D eigenvalue weighted by molar-refractivity contribution is -0.120. The van der Waals surface area contributed by atoms with Crippen molar-refractivity contribution in [3.63, 3.8) is 0 Å². The molecular weight excluding hydrogens is 250 g/mol. The molecule has 5 heteroatoms. The lowest BCUT2D eigenvalue weighted by Gasteiger charge is -2.20. The second-order valence-electron chi connectivity index (χ2n) is 5.02. The molecule has 1 amide bonds. The summed E-state index contributed by atoms with van der Waals surface area (Å²) in [5.41, 5.74) is 5.98. The number of nitrogens with two attached hydrogens (primary N) is 1. The number of rotatable bonds is 2. The van der Waals surface area contributed by atoms with Crippen molar-refractivity contribution in [2.24, 2.45) is 11.7 Å². The number of nitrogens with one attached hydrogen (secondary N) is 1.